The molecule has 1 saturated carbocycles. The minimum atomic E-state index is -1.76. The fourth-order valence-corrected chi connectivity index (χ4v) is 6.09. The van der Waals surface area contributed by atoms with Gasteiger partial charge in [0.2, 0.25) is 0 Å². The van der Waals surface area contributed by atoms with Crippen LogP contribution in [0.4, 0.5) is 0 Å². The van der Waals surface area contributed by atoms with Crippen LogP contribution in [0.3, 0.4) is 0 Å². The molecule has 0 aromatic carbocycles. The van der Waals surface area contributed by atoms with Gasteiger partial charge in [0.1, 0.15) is 0 Å². The summed E-state index contributed by atoms with van der Waals surface area (Å²) in [6.07, 6.45) is 8.85. The van der Waals surface area contributed by atoms with Gasteiger partial charge in [-0.1, -0.05) is 57.8 Å². The Morgan fingerprint density at radius 3 is 2.68 bits per heavy atom. The van der Waals surface area contributed by atoms with E-state index in [2.05, 4.69) is 63.8 Å². The van der Waals surface area contributed by atoms with Crippen molar-refractivity contribution in [2.75, 3.05) is 6.54 Å². The summed E-state index contributed by atoms with van der Waals surface area (Å²) in [6, 6.07) is 0. The van der Waals surface area contributed by atoms with Gasteiger partial charge < -0.3 is 4.43 Å². The number of hydrogen-bond donors (Lipinski definition) is 0. The van der Waals surface area contributed by atoms with Crippen molar-refractivity contribution in [1.82, 2.24) is 0 Å². The van der Waals surface area contributed by atoms with E-state index in [1.165, 1.54) is 31.3 Å². The molecule has 0 radical (unpaired) electrons. The summed E-state index contributed by atoms with van der Waals surface area (Å²) in [7, 11) is -1.76. The van der Waals surface area contributed by atoms with Crippen molar-refractivity contribution < 1.29 is 4.43 Å². The van der Waals surface area contributed by atoms with E-state index in [1.807, 2.05) is 0 Å². The maximum atomic E-state index is 8.68. The van der Waals surface area contributed by atoms with Crippen molar-refractivity contribution in [3.05, 3.63) is 22.1 Å². The normalized spacial score (nSPS) is 31.6. The number of allylic oxidation sites excluding steroid dienone is 1. The molecule has 0 N–H and O–H groups in total. The number of nitrogens with zero attached hydrogens (tertiary/aromatic N) is 3. The van der Waals surface area contributed by atoms with E-state index in [4.69, 9.17) is 9.96 Å². The van der Waals surface area contributed by atoms with Gasteiger partial charge in [0.05, 0.1) is 0 Å². The Balaban J connectivity index is 2.24. The molecule has 4 atom stereocenters. The van der Waals surface area contributed by atoms with E-state index in [9.17, 15) is 0 Å². The fourth-order valence-electron chi connectivity index (χ4n) is 4.70. The monoisotopic (exact) mass is 363 g/mol. The van der Waals surface area contributed by atoms with Gasteiger partial charge in [-0.25, -0.2) is 0 Å². The molecule has 0 saturated heterocycles. The Kier molecular flexibility index (Phi) is 6.13. The minimum absolute atomic E-state index is 0.202. The van der Waals surface area contributed by atoms with Gasteiger partial charge >= 0.3 is 0 Å². The molecule has 0 aliphatic heterocycles. The zero-order valence-corrected chi connectivity index (χ0v) is 18.3. The number of fused-ring (bicyclic) bond motifs is 1. The van der Waals surface area contributed by atoms with E-state index in [0.29, 0.717) is 24.5 Å². The van der Waals surface area contributed by atoms with Gasteiger partial charge in [0.15, 0.2) is 8.32 Å². The van der Waals surface area contributed by atoms with Gasteiger partial charge in [-0.3, -0.25) is 0 Å². The predicted octanol–water partition coefficient (Wildman–Crippen LogP) is 6.85. The summed E-state index contributed by atoms with van der Waals surface area (Å²) < 4.78 is 6.92. The van der Waals surface area contributed by atoms with Crippen LogP contribution < -0.4 is 0 Å². The third-order valence-corrected chi connectivity index (χ3v) is 11.7. The lowest BCUT2D eigenvalue weighted by atomic mass is 9.56. The second-order valence-corrected chi connectivity index (χ2v) is 14.6. The van der Waals surface area contributed by atoms with Crippen LogP contribution in [-0.2, 0) is 4.43 Å². The zero-order valence-electron chi connectivity index (χ0n) is 17.3. The molecule has 4 nitrogen and oxygen atoms in total. The van der Waals surface area contributed by atoms with Crippen molar-refractivity contribution in [1.29, 1.82) is 0 Å². The van der Waals surface area contributed by atoms with Crippen molar-refractivity contribution in [3.63, 3.8) is 0 Å². The molecule has 2 rings (SSSR count). The van der Waals surface area contributed by atoms with Crippen LogP contribution in [0.5, 0.6) is 0 Å². The Morgan fingerprint density at radius 1 is 1.40 bits per heavy atom. The van der Waals surface area contributed by atoms with Crippen LogP contribution in [0.1, 0.15) is 66.7 Å². The van der Waals surface area contributed by atoms with Crippen LogP contribution in [0, 0.1) is 17.3 Å². The molecule has 0 heterocycles. The standard InChI is InChI=1S/C20H37N3OSi/c1-15(14-22-23-21)16-10-8-11-17-18(12-9-13-20(16,17)5)24-25(6,7)19(2,3)4/h10,15,17-18H,8-9,11-14H2,1-7H3. The third-order valence-electron chi connectivity index (χ3n) is 7.16. The highest BCUT2D eigenvalue weighted by Crippen LogP contribution is 2.55. The van der Waals surface area contributed by atoms with E-state index in [-0.39, 0.29) is 10.5 Å². The molecule has 5 heteroatoms. The zero-order chi connectivity index (χ0) is 18.9. The van der Waals surface area contributed by atoms with Crippen LogP contribution >= 0.6 is 0 Å². The highest BCUT2D eigenvalue weighted by Gasteiger charge is 2.49. The molecule has 0 amide bonds. The number of hydrogen-bond acceptors (Lipinski definition) is 2. The average Bonchev–Trinajstić information content (AvgIpc) is 2.50. The molecular weight excluding hydrogens is 326 g/mol. The topological polar surface area (TPSA) is 58.0 Å². The quantitative estimate of drug-likeness (QED) is 0.173. The molecule has 0 aromatic heterocycles. The van der Waals surface area contributed by atoms with Crippen LogP contribution in [0.25, 0.3) is 10.4 Å². The molecule has 0 bridgehead atoms. The smallest absolute Gasteiger partial charge is 0.192 e. The summed E-state index contributed by atoms with van der Waals surface area (Å²) in [6.45, 7) is 17.0. The lowest BCUT2D eigenvalue weighted by Gasteiger charge is -2.53. The minimum Gasteiger partial charge on any atom is -0.414 e. The molecule has 1 fully saturated rings. The molecule has 0 spiro atoms. The van der Waals surface area contributed by atoms with Crippen LogP contribution in [0.2, 0.25) is 18.1 Å². The molecule has 0 aromatic rings. The maximum Gasteiger partial charge on any atom is 0.192 e. The highest BCUT2D eigenvalue weighted by atomic mass is 28.4. The van der Waals surface area contributed by atoms with E-state index < -0.39 is 8.32 Å². The Morgan fingerprint density at radius 2 is 2.08 bits per heavy atom. The fraction of sp³-hybridized carbons (Fsp3) is 0.900. The molecule has 25 heavy (non-hydrogen) atoms. The summed E-state index contributed by atoms with van der Waals surface area (Å²) in [5.74, 6) is 0.930. The summed E-state index contributed by atoms with van der Waals surface area (Å²) in [5, 5.41) is 4.09. The van der Waals surface area contributed by atoms with E-state index >= 15 is 0 Å². The lowest BCUT2D eigenvalue weighted by Crippen LogP contribution is -2.51. The SMILES string of the molecule is CC(CN=[N+]=[N-])C1=CCCC2C(O[Si](C)(C)C(C)(C)C)CCCC12C. The van der Waals surface area contributed by atoms with Crippen LogP contribution in [0.15, 0.2) is 16.8 Å². The Bertz CT molecular complexity index is 560. The van der Waals surface area contributed by atoms with E-state index in [0.717, 1.165) is 6.42 Å². The predicted molar refractivity (Wildman–Crippen MR) is 108 cm³/mol. The molecule has 142 valence electrons. The molecule has 2 aliphatic carbocycles. The first-order valence-corrected chi connectivity index (χ1v) is 12.8. The molecule has 4 unspecified atom stereocenters. The maximum absolute atomic E-state index is 8.68. The number of rotatable bonds is 5. The Hall–Kier alpha value is -0.773. The highest BCUT2D eigenvalue weighted by molar-refractivity contribution is 6.74. The summed E-state index contributed by atoms with van der Waals surface area (Å²) >= 11 is 0. The second kappa shape index (κ2) is 7.46. The van der Waals surface area contributed by atoms with Gasteiger partial charge in [0.25, 0.3) is 0 Å². The first-order valence-electron chi connectivity index (χ1n) is 9.92. The molecule has 2 aliphatic rings. The van der Waals surface area contributed by atoms with Crippen LogP contribution in [-0.4, -0.2) is 21.0 Å². The Labute approximate surface area is 155 Å². The lowest BCUT2D eigenvalue weighted by molar-refractivity contribution is -0.00483. The first kappa shape index (κ1) is 20.5. The molecular formula is C20H37N3OSi. The van der Waals surface area contributed by atoms with Gasteiger partial charge in [-0.05, 0) is 66.6 Å². The van der Waals surface area contributed by atoms with Crippen molar-refractivity contribution >= 4 is 8.32 Å². The van der Waals surface area contributed by atoms with Gasteiger partial charge in [0, 0.05) is 17.6 Å². The van der Waals surface area contributed by atoms with Crippen molar-refractivity contribution in [3.8, 4) is 0 Å². The first-order chi connectivity index (χ1) is 11.5. The summed E-state index contributed by atoms with van der Waals surface area (Å²) in [5.41, 5.74) is 10.4. The van der Waals surface area contributed by atoms with E-state index in [1.54, 1.807) is 0 Å². The second-order valence-electron chi connectivity index (χ2n) is 9.88. The average molecular weight is 364 g/mol. The summed E-state index contributed by atoms with van der Waals surface area (Å²) in [4.78, 5) is 2.97. The van der Waals surface area contributed by atoms with Crippen molar-refractivity contribution in [2.24, 2.45) is 22.4 Å². The van der Waals surface area contributed by atoms with Gasteiger partial charge in [-0.15, -0.1) is 0 Å². The van der Waals surface area contributed by atoms with Crippen molar-refractivity contribution in [2.45, 2.75) is 91.0 Å². The number of azide groups is 1. The third kappa shape index (κ3) is 4.15. The van der Waals surface area contributed by atoms with Gasteiger partial charge in [-0.2, -0.15) is 0 Å². The largest absolute Gasteiger partial charge is 0.414 e.